The molecule has 3 fully saturated rings. The molecular formula is C18H31N3O2. The summed E-state index contributed by atoms with van der Waals surface area (Å²) >= 11 is 0. The van der Waals surface area contributed by atoms with Gasteiger partial charge in [0.05, 0.1) is 5.92 Å². The number of nitrogens with zero attached hydrogens (tertiary/aromatic N) is 1. The Balaban J connectivity index is 1.46. The molecular weight excluding hydrogens is 290 g/mol. The number of hydrogen-bond donors (Lipinski definition) is 2. The lowest BCUT2D eigenvalue weighted by atomic mass is 9.95. The molecule has 0 aromatic rings. The van der Waals surface area contributed by atoms with Gasteiger partial charge in [0, 0.05) is 25.2 Å². The standard InChI is InChI=1S/C18H31N3O2/c22-17(19-15-10-4-5-11-15)14-7-6-12-21(13-14)18(23)20-16-8-2-1-3-9-16/h14-16H,1-13H2,(H,19,22)(H,20,23)/t14-/m0/s1. The summed E-state index contributed by atoms with van der Waals surface area (Å²) in [5, 5.41) is 6.37. The zero-order chi connectivity index (χ0) is 16.1. The van der Waals surface area contributed by atoms with Crippen molar-refractivity contribution in [1.82, 2.24) is 15.5 Å². The Bertz CT molecular complexity index is 414. The fourth-order valence-corrected chi connectivity index (χ4v) is 4.28. The van der Waals surface area contributed by atoms with Crippen molar-refractivity contribution in [3.05, 3.63) is 0 Å². The van der Waals surface area contributed by atoms with Gasteiger partial charge in [-0.2, -0.15) is 0 Å². The Hall–Kier alpha value is -1.26. The van der Waals surface area contributed by atoms with Crippen LogP contribution >= 0.6 is 0 Å². The van der Waals surface area contributed by atoms with Gasteiger partial charge in [-0.05, 0) is 38.5 Å². The summed E-state index contributed by atoms with van der Waals surface area (Å²) in [6.45, 7) is 1.36. The van der Waals surface area contributed by atoms with Gasteiger partial charge >= 0.3 is 6.03 Å². The lowest BCUT2D eigenvalue weighted by molar-refractivity contribution is -0.127. The van der Waals surface area contributed by atoms with Crippen LogP contribution in [0.15, 0.2) is 0 Å². The number of rotatable bonds is 3. The van der Waals surface area contributed by atoms with Crippen molar-refractivity contribution < 1.29 is 9.59 Å². The van der Waals surface area contributed by atoms with E-state index in [9.17, 15) is 9.59 Å². The third kappa shape index (κ3) is 4.61. The summed E-state index contributed by atoms with van der Waals surface area (Å²) in [6.07, 6.45) is 12.5. The third-order valence-corrected chi connectivity index (χ3v) is 5.71. The maximum absolute atomic E-state index is 12.5. The quantitative estimate of drug-likeness (QED) is 0.839. The van der Waals surface area contributed by atoms with E-state index >= 15 is 0 Å². The first kappa shape index (κ1) is 16.6. The molecule has 0 aromatic carbocycles. The van der Waals surface area contributed by atoms with Crippen LogP contribution in [-0.2, 0) is 4.79 Å². The summed E-state index contributed by atoms with van der Waals surface area (Å²) in [7, 11) is 0. The second-order valence-electron chi connectivity index (χ2n) is 7.56. The van der Waals surface area contributed by atoms with Crippen molar-refractivity contribution in [3.8, 4) is 0 Å². The van der Waals surface area contributed by atoms with E-state index in [-0.39, 0.29) is 17.9 Å². The molecule has 0 radical (unpaired) electrons. The Labute approximate surface area is 139 Å². The van der Waals surface area contributed by atoms with Crippen LogP contribution in [0.5, 0.6) is 0 Å². The molecule has 130 valence electrons. The van der Waals surface area contributed by atoms with Gasteiger partial charge < -0.3 is 15.5 Å². The first-order valence-electron chi connectivity index (χ1n) is 9.58. The largest absolute Gasteiger partial charge is 0.353 e. The van der Waals surface area contributed by atoms with E-state index in [1.807, 2.05) is 4.90 Å². The minimum Gasteiger partial charge on any atom is -0.353 e. The highest BCUT2D eigenvalue weighted by Crippen LogP contribution is 2.22. The smallest absolute Gasteiger partial charge is 0.317 e. The molecule has 1 saturated heterocycles. The molecule has 5 nitrogen and oxygen atoms in total. The third-order valence-electron chi connectivity index (χ3n) is 5.71. The van der Waals surface area contributed by atoms with E-state index in [4.69, 9.17) is 0 Å². The summed E-state index contributed by atoms with van der Waals surface area (Å²) < 4.78 is 0. The second kappa shape index (κ2) is 8.02. The molecule has 2 N–H and O–H groups in total. The van der Waals surface area contributed by atoms with Crippen LogP contribution in [0.25, 0.3) is 0 Å². The molecule has 5 heteroatoms. The monoisotopic (exact) mass is 321 g/mol. The Morgan fingerprint density at radius 2 is 1.35 bits per heavy atom. The fourth-order valence-electron chi connectivity index (χ4n) is 4.28. The second-order valence-corrected chi connectivity index (χ2v) is 7.56. The van der Waals surface area contributed by atoms with Gasteiger partial charge in [0.1, 0.15) is 0 Å². The molecule has 2 saturated carbocycles. The molecule has 0 aromatic heterocycles. The van der Waals surface area contributed by atoms with E-state index < -0.39 is 0 Å². The van der Waals surface area contributed by atoms with Gasteiger partial charge in [-0.15, -0.1) is 0 Å². The maximum atomic E-state index is 12.5. The Morgan fingerprint density at radius 1 is 0.739 bits per heavy atom. The summed E-state index contributed by atoms with van der Waals surface area (Å²) in [5.74, 6) is 0.133. The molecule has 3 amide bonds. The van der Waals surface area contributed by atoms with Gasteiger partial charge in [-0.3, -0.25) is 4.79 Å². The molecule has 3 aliphatic rings. The van der Waals surface area contributed by atoms with E-state index in [1.54, 1.807) is 0 Å². The first-order valence-corrected chi connectivity index (χ1v) is 9.58. The minimum atomic E-state index is -0.0264. The van der Waals surface area contributed by atoms with Crippen molar-refractivity contribution in [2.75, 3.05) is 13.1 Å². The van der Waals surface area contributed by atoms with Crippen LogP contribution in [0.3, 0.4) is 0 Å². The number of piperidine rings is 1. The van der Waals surface area contributed by atoms with Crippen LogP contribution in [0.1, 0.15) is 70.6 Å². The van der Waals surface area contributed by atoms with E-state index in [1.165, 1.54) is 32.1 Å². The first-order chi connectivity index (χ1) is 11.2. The predicted octanol–water partition coefficient (Wildman–Crippen LogP) is 2.80. The minimum absolute atomic E-state index is 0.0264. The van der Waals surface area contributed by atoms with Crippen LogP contribution < -0.4 is 10.6 Å². The molecule has 2 aliphatic carbocycles. The number of likely N-dealkylation sites (tertiary alicyclic amines) is 1. The lowest BCUT2D eigenvalue weighted by Crippen LogP contribution is -2.52. The lowest BCUT2D eigenvalue weighted by Gasteiger charge is -2.34. The van der Waals surface area contributed by atoms with Gasteiger partial charge in [-0.25, -0.2) is 4.79 Å². The number of hydrogen-bond acceptors (Lipinski definition) is 2. The highest BCUT2D eigenvalue weighted by molar-refractivity contribution is 5.81. The summed E-state index contributed by atoms with van der Waals surface area (Å²) in [5.41, 5.74) is 0. The zero-order valence-corrected chi connectivity index (χ0v) is 14.2. The highest BCUT2D eigenvalue weighted by Gasteiger charge is 2.30. The van der Waals surface area contributed by atoms with Crippen LogP contribution in [0.2, 0.25) is 0 Å². The Morgan fingerprint density at radius 3 is 2.04 bits per heavy atom. The van der Waals surface area contributed by atoms with Crippen molar-refractivity contribution in [3.63, 3.8) is 0 Å². The van der Waals surface area contributed by atoms with Gasteiger partial charge in [-0.1, -0.05) is 32.1 Å². The molecule has 1 aliphatic heterocycles. The van der Waals surface area contributed by atoms with Crippen molar-refractivity contribution in [2.45, 2.75) is 82.7 Å². The molecule has 0 unspecified atom stereocenters. The van der Waals surface area contributed by atoms with Crippen LogP contribution in [-0.4, -0.2) is 42.0 Å². The average molecular weight is 321 g/mol. The predicted molar refractivity (Wildman–Crippen MR) is 90.1 cm³/mol. The molecule has 3 rings (SSSR count). The van der Waals surface area contributed by atoms with Gasteiger partial charge in [0.2, 0.25) is 5.91 Å². The van der Waals surface area contributed by atoms with E-state index in [0.29, 0.717) is 18.6 Å². The van der Waals surface area contributed by atoms with Gasteiger partial charge in [0.15, 0.2) is 0 Å². The fraction of sp³-hybridized carbons (Fsp3) is 0.889. The average Bonchev–Trinajstić information content (AvgIpc) is 3.09. The Kier molecular flexibility index (Phi) is 5.79. The van der Waals surface area contributed by atoms with E-state index in [2.05, 4.69) is 10.6 Å². The van der Waals surface area contributed by atoms with Crippen LogP contribution in [0, 0.1) is 5.92 Å². The molecule has 0 bridgehead atoms. The number of nitrogens with one attached hydrogen (secondary N) is 2. The van der Waals surface area contributed by atoms with Crippen molar-refractivity contribution in [2.24, 2.45) is 5.92 Å². The van der Waals surface area contributed by atoms with E-state index in [0.717, 1.165) is 45.1 Å². The summed E-state index contributed by atoms with van der Waals surface area (Å²) in [4.78, 5) is 26.8. The number of urea groups is 1. The number of carbonyl (C=O) groups is 2. The van der Waals surface area contributed by atoms with Crippen molar-refractivity contribution in [1.29, 1.82) is 0 Å². The molecule has 0 spiro atoms. The highest BCUT2D eigenvalue weighted by atomic mass is 16.2. The normalized spacial score (nSPS) is 27.0. The maximum Gasteiger partial charge on any atom is 0.317 e. The summed E-state index contributed by atoms with van der Waals surface area (Å²) in [6, 6.07) is 0.744. The topological polar surface area (TPSA) is 61.4 Å². The molecule has 23 heavy (non-hydrogen) atoms. The molecule has 1 atom stereocenters. The van der Waals surface area contributed by atoms with Gasteiger partial charge in [0.25, 0.3) is 0 Å². The molecule has 1 heterocycles. The number of amides is 3. The van der Waals surface area contributed by atoms with Crippen LogP contribution in [0.4, 0.5) is 4.79 Å². The zero-order valence-electron chi connectivity index (χ0n) is 14.2. The number of carbonyl (C=O) groups excluding carboxylic acids is 2. The SMILES string of the molecule is O=C(NC1CCCC1)[C@H]1CCCN(C(=O)NC2CCCCC2)C1. The van der Waals surface area contributed by atoms with Crippen molar-refractivity contribution >= 4 is 11.9 Å².